The average Bonchev–Trinajstić information content (AvgIpc) is 3.34. The summed E-state index contributed by atoms with van der Waals surface area (Å²) in [6.07, 6.45) is -2.41. The third-order valence-electron chi connectivity index (χ3n) is 8.23. The minimum absolute atomic E-state index is 0.0136. The largest absolute Gasteiger partial charge is 0.410 e. The first-order valence-corrected chi connectivity index (χ1v) is 13.9. The van der Waals surface area contributed by atoms with Gasteiger partial charge in [0.25, 0.3) is 5.91 Å². The third kappa shape index (κ3) is 5.99. The number of aromatic nitrogens is 5. The summed E-state index contributed by atoms with van der Waals surface area (Å²) in [5.74, 6) is -3.77. The average molecular weight is 614 g/mol. The molecule has 0 spiro atoms. The Bertz CT molecular complexity index is 1550. The number of rotatable bonds is 9. The highest BCUT2D eigenvalue weighted by atomic mass is 19.4. The lowest BCUT2D eigenvalue weighted by molar-refractivity contribution is -0.150. The number of nitrogens with zero attached hydrogens (tertiary/aromatic N) is 6. The van der Waals surface area contributed by atoms with E-state index < -0.39 is 54.6 Å². The lowest BCUT2D eigenvalue weighted by Gasteiger charge is -2.33. The van der Waals surface area contributed by atoms with E-state index in [9.17, 15) is 31.5 Å². The van der Waals surface area contributed by atoms with Crippen molar-refractivity contribution in [1.82, 2.24) is 40.4 Å². The maximum atomic E-state index is 14.0. The number of hydrogen-bond donors (Lipinski definition) is 2. The van der Waals surface area contributed by atoms with Crippen LogP contribution in [0.25, 0.3) is 5.65 Å². The molecule has 17 heteroatoms. The summed E-state index contributed by atoms with van der Waals surface area (Å²) >= 11 is 0. The van der Waals surface area contributed by atoms with Gasteiger partial charge in [0.05, 0.1) is 44.7 Å². The van der Waals surface area contributed by atoms with Crippen molar-refractivity contribution in [3.05, 3.63) is 41.1 Å². The van der Waals surface area contributed by atoms with Crippen LogP contribution in [0.15, 0.2) is 23.1 Å². The van der Waals surface area contributed by atoms with Crippen molar-refractivity contribution in [3.63, 3.8) is 0 Å². The van der Waals surface area contributed by atoms with Crippen molar-refractivity contribution in [2.75, 3.05) is 20.3 Å². The number of carbonyl (C=O) groups is 2. The van der Waals surface area contributed by atoms with Gasteiger partial charge in [-0.3, -0.25) is 4.79 Å². The van der Waals surface area contributed by atoms with E-state index >= 15 is 0 Å². The van der Waals surface area contributed by atoms with Crippen molar-refractivity contribution in [2.45, 2.75) is 74.7 Å². The first kappa shape index (κ1) is 27.9. The smallest absolute Gasteiger partial charge is 0.382 e. The molecule has 2 aliphatic carbocycles. The number of imidazole rings is 1. The number of urea groups is 1. The van der Waals surface area contributed by atoms with Gasteiger partial charge in [0.15, 0.2) is 11.3 Å². The minimum Gasteiger partial charge on any atom is -0.382 e. The van der Waals surface area contributed by atoms with Gasteiger partial charge in [-0.25, -0.2) is 27.7 Å². The van der Waals surface area contributed by atoms with Crippen molar-refractivity contribution in [2.24, 2.45) is 5.92 Å². The maximum Gasteiger partial charge on any atom is 0.410 e. The second kappa shape index (κ2) is 11.0. The van der Waals surface area contributed by atoms with Crippen molar-refractivity contribution < 1.29 is 42.3 Å². The summed E-state index contributed by atoms with van der Waals surface area (Å²) in [6, 6.07) is -3.58. The normalized spacial score (nSPS) is 22.8. The Morgan fingerprint density at radius 1 is 1.28 bits per heavy atom. The van der Waals surface area contributed by atoms with E-state index in [1.54, 1.807) is 0 Å². The molecule has 3 fully saturated rings. The molecule has 0 unspecified atom stereocenters. The molecule has 0 radical (unpaired) electrons. The van der Waals surface area contributed by atoms with Crippen LogP contribution in [0.1, 0.15) is 85.3 Å². The number of halogens is 5. The zero-order valence-corrected chi connectivity index (χ0v) is 22.9. The van der Waals surface area contributed by atoms with E-state index in [1.165, 1.54) is 23.9 Å². The molecule has 6 rings (SSSR count). The zero-order valence-electron chi connectivity index (χ0n) is 23.9. The first-order valence-electron chi connectivity index (χ1n) is 14.4. The van der Waals surface area contributed by atoms with Crippen LogP contribution in [0, 0.1) is 5.92 Å². The van der Waals surface area contributed by atoms with Crippen LogP contribution in [-0.4, -0.2) is 80.2 Å². The predicted molar refractivity (Wildman–Crippen MR) is 136 cm³/mol. The molecule has 3 aliphatic rings. The fourth-order valence-electron chi connectivity index (χ4n) is 5.72. The molecule has 2 saturated carbocycles. The standard InChI is InChI=1S/C26H29F5N8O4/c1-42-12-17(38-11-18(26(29,30)31)34-24(38)41)15-8-19-33-16(10-39(19)32-9-15)20(14-4-6-25(27,28)7-5-14)35-23(40)22-21(13-2-3-13)36-43-37-22/h8-10,13-14,17-18,20H,2-7,11-12H2,1H3,(H,34,41)(H,35,40)/t17-,18-,20-/m0/s1/i9D. The van der Waals surface area contributed by atoms with Crippen LogP contribution in [-0.2, 0) is 4.74 Å². The molecular formula is C26H29F5N8O4. The predicted octanol–water partition coefficient (Wildman–Crippen LogP) is 3.93. The fourth-order valence-corrected chi connectivity index (χ4v) is 5.72. The van der Waals surface area contributed by atoms with Gasteiger partial charge in [0, 0.05) is 31.4 Å². The van der Waals surface area contributed by atoms with E-state index in [0.717, 1.165) is 17.7 Å². The van der Waals surface area contributed by atoms with Crippen LogP contribution in [0.2, 0.25) is 0 Å². The van der Waals surface area contributed by atoms with Gasteiger partial charge in [-0.2, -0.15) is 18.3 Å². The van der Waals surface area contributed by atoms with E-state index in [-0.39, 0.29) is 67.0 Å². The van der Waals surface area contributed by atoms with Crippen LogP contribution in [0.3, 0.4) is 0 Å². The molecule has 4 heterocycles. The van der Waals surface area contributed by atoms with Crippen LogP contribution in [0.4, 0.5) is 26.7 Å². The minimum atomic E-state index is -4.67. The molecule has 0 bridgehead atoms. The first-order chi connectivity index (χ1) is 20.8. The molecule has 3 atom stereocenters. The Morgan fingerprint density at radius 3 is 2.67 bits per heavy atom. The molecule has 12 nitrogen and oxygen atoms in total. The summed E-state index contributed by atoms with van der Waals surface area (Å²) in [6.45, 7) is -0.917. The van der Waals surface area contributed by atoms with E-state index in [4.69, 9.17) is 10.7 Å². The van der Waals surface area contributed by atoms with E-state index in [1.807, 2.05) is 5.32 Å². The zero-order chi connectivity index (χ0) is 31.4. The molecule has 232 valence electrons. The Hall–Kier alpha value is -3.89. The second-order valence-electron chi connectivity index (χ2n) is 11.3. The highest BCUT2D eigenvalue weighted by molar-refractivity contribution is 5.93. The number of ether oxygens (including phenoxy) is 1. The number of hydrogen-bond acceptors (Lipinski definition) is 8. The molecule has 1 saturated heterocycles. The van der Waals surface area contributed by atoms with E-state index in [0.29, 0.717) is 5.69 Å². The van der Waals surface area contributed by atoms with Crippen LogP contribution in [0.5, 0.6) is 0 Å². The molecular weight excluding hydrogens is 583 g/mol. The quantitative estimate of drug-likeness (QED) is 0.346. The summed E-state index contributed by atoms with van der Waals surface area (Å²) < 4.78 is 87.9. The number of fused-ring (bicyclic) bond motifs is 1. The van der Waals surface area contributed by atoms with Crippen molar-refractivity contribution >= 4 is 17.6 Å². The van der Waals surface area contributed by atoms with Crippen molar-refractivity contribution in [1.29, 1.82) is 0 Å². The number of nitrogens with one attached hydrogen (secondary N) is 2. The van der Waals surface area contributed by atoms with E-state index in [2.05, 4.69) is 25.7 Å². The topological polar surface area (TPSA) is 140 Å². The van der Waals surface area contributed by atoms with Gasteiger partial charge in [-0.1, -0.05) is 5.16 Å². The second-order valence-corrected chi connectivity index (χ2v) is 11.3. The van der Waals surface area contributed by atoms with Crippen LogP contribution >= 0.6 is 0 Å². The molecule has 2 N–H and O–H groups in total. The van der Waals surface area contributed by atoms with Gasteiger partial charge >= 0.3 is 12.2 Å². The highest BCUT2D eigenvalue weighted by Crippen LogP contribution is 2.43. The molecule has 3 aromatic heterocycles. The lowest BCUT2D eigenvalue weighted by Crippen LogP contribution is -2.40. The summed E-state index contributed by atoms with van der Waals surface area (Å²) in [7, 11) is 1.31. The number of methoxy groups -OCH3 is 1. The highest BCUT2D eigenvalue weighted by Gasteiger charge is 2.49. The van der Waals surface area contributed by atoms with Gasteiger partial charge in [0.2, 0.25) is 5.92 Å². The fraction of sp³-hybridized carbons (Fsp3) is 0.615. The monoisotopic (exact) mass is 613 g/mol. The molecule has 43 heavy (non-hydrogen) atoms. The lowest BCUT2D eigenvalue weighted by atomic mass is 9.81. The molecule has 1 aliphatic heterocycles. The van der Waals surface area contributed by atoms with Crippen LogP contribution < -0.4 is 10.6 Å². The molecule has 0 aromatic carbocycles. The van der Waals surface area contributed by atoms with Gasteiger partial charge in [-0.05, 0) is 42.8 Å². The maximum absolute atomic E-state index is 14.0. The molecule has 3 aromatic rings. The van der Waals surface area contributed by atoms with Crippen molar-refractivity contribution in [3.8, 4) is 0 Å². The summed E-state index contributed by atoms with van der Waals surface area (Å²) in [5, 5.41) is 16.6. The Morgan fingerprint density at radius 2 is 2.02 bits per heavy atom. The summed E-state index contributed by atoms with van der Waals surface area (Å²) in [5.41, 5.74) is 0.983. The van der Waals surface area contributed by atoms with Gasteiger partial charge in [-0.15, -0.1) is 0 Å². The summed E-state index contributed by atoms with van der Waals surface area (Å²) in [4.78, 5) is 31.4. The van der Waals surface area contributed by atoms with Gasteiger partial charge < -0.3 is 20.3 Å². The Kier molecular flexibility index (Phi) is 7.13. The Balaban J connectivity index is 1.32. The third-order valence-corrected chi connectivity index (χ3v) is 8.23. The number of carbonyl (C=O) groups excluding carboxylic acids is 2. The number of amides is 3. The Labute approximate surface area is 242 Å². The number of alkyl halides is 5. The van der Waals surface area contributed by atoms with Gasteiger partial charge in [0.1, 0.15) is 11.7 Å². The molecule has 3 amide bonds. The SMILES string of the molecule is [2H]c1nn2cc([C@@H](NC(=O)c3nonc3C3CC3)C3CCC(F)(F)CC3)nc2cc1[C@H](COC)N1C[C@@H](C(F)(F)F)NC1=O.